The molecular formula is C23H29N5O3. The quantitative estimate of drug-likeness (QED) is 0.812. The average Bonchev–Trinajstić information content (AvgIpc) is 3.51. The van der Waals surface area contributed by atoms with Crippen LogP contribution in [0.15, 0.2) is 36.7 Å². The van der Waals surface area contributed by atoms with Crippen LogP contribution in [0.25, 0.3) is 5.82 Å². The lowest BCUT2D eigenvalue weighted by Crippen LogP contribution is -2.56. The van der Waals surface area contributed by atoms with E-state index in [0.717, 1.165) is 36.5 Å². The summed E-state index contributed by atoms with van der Waals surface area (Å²) in [6.45, 7) is 5.95. The van der Waals surface area contributed by atoms with Crippen LogP contribution in [0.4, 0.5) is 5.69 Å². The lowest BCUT2D eigenvalue weighted by atomic mass is 9.88. The van der Waals surface area contributed by atoms with E-state index in [1.165, 1.54) is 0 Å². The number of amides is 2. The summed E-state index contributed by atoms with van der Waals surface area (Å²) < 4.78 is 7.77. The minimum absolute atomic E-state index is 0.0342. The molecule has 2 saturated heterocycles. The monoisotopic (exact) mass is 423 g/mol. The maximum absolute atomic E-state index is 13.1. The fourth-order valence-corrected chi connectivity index (χ4v) is 5.23. The molecular weight excluding hydrogens is 394 g/mol. The van der Waals surface area contributed by atoms with Crippen molar-refractivity contribution in [3.8, 4) is 5.82 Å². The summed E-state index contributed by atoms with van der Waals surface area (Å²) in [5.41, 5.74) is 1.50. The molecule has 1 N–H and O–H groups in total. The van der Waals surface area contributed by atoms with Crippen molar-refractivity contribution in [3.63, 3.8) is 0 Å². The van der Waals surface area contributed by atoms with Crippen molar-refractivity contribution in [2.45, 2.75) is 50.8 Å². The Kier molecular flexibility index (Phi) is 4.97. The molecule has 2 aromatic rings. The number of fused-ring (bicyclic) bond motifs is 4. The van der Waals surface area contributed by atoms with Crippen LogP contribution in [0, 0.1) is 0 Å². The molecule has 3 aliphatic rings. The zero-order valence-electron chi connectivity index (χ0n) is 18.1. The predicted octanol–water partition coefficient (Wildman–Crippen LogP) is 1.82. The summed E-state index contributed by atoms with van der Waals surface area (Å²) in [6.07, 6.45) is 5.91. The van der Waals surface area contributed by atoms with Gasteiger partial charge in [-0.25, -0.2) is 4.98 Å². The number of ether oxygens (including phenoxy) is 1. The van der Waals surface area contributed by atoms with Crippen LogP contribution in [0.1, 0.15) is 38.8 Å². The highest BCUT2D eigenvalue weighted by Crippen LogP contribution is 2.47. The van der Waals surface area contributed by atoms with Crippen LogP contribution in [-0.4, -0.2) is 64.7 Å². The SMILES string of the molecule is CC(C)NC(=O)CN1c2cccnc2-n2cccc2[C@]12CCN(C(=O)[C@H]1CCCO1)C2. The van der Waals surface area contributed by atoms with Crippen LogP contribution in [-0.2, 0) is 19.9 Å². The third-order valence-corrected chi connectivity index (χ3v) is 6.54. The Bertz CT molecular complexity index is 997. The van der Waals surface area contributed by atoms with Crippen molar-refractivity contribution in [3.05, 3.63) is 42.4 Å². The van der Waals surface area contributed by atoms with Gasteiger partial charge in [-0.1, -0.05) is 0 Å². The van der Waals surface area contributed by atoms with E-state index in [9.17, 15) is 9.59 Å². The van der Waals surface area contributed by atoms with Crippen molar-refractivity contribution >= 4 is 17.5 Å². The van der Waals surface area contributed by atoms with Crippen LogP contribution >= 0.6 is 0 Å². The molecule has 8 heteroatoms. The number of anilines is 1. The van der Waals surface area contributed by atoms with Gasteiger partial charge in [0.1, 0.15) is 11.6 Å². The number of rotatable bonds is 4. The van der Waals surface area contributed by atoms with E-state index in [1.807, 2.05) is 43.1 Å². The van der Waals surface area contributed by atoms with Crippen molar-refractivity contribution in [1.29, 1.82) is 0 Å². The average molecular weight is 424 g/mol. The second-order valence-corrected chi connectivity index (χ2v) is 8.96. The Morgan fingerprint density at radius 3 is 2.97 bits per heavy atom. The fourth-order valence-electron chi connectivity index (χ4n) is 5.23. The van der Waals surface area contributed by atoms with Crippen molar-refractivity contribution in [1.82, 2.24) is 19.8 Å². The smallest absolute Gasteiger partial charge is 0.251 e. The fraction of sp³-hybridized carbons (Fsp3) is 0.522. The van der Waals surface area contributed by atoms with Crippen LogP contribution in [0.5, 0.6) is 0 Å². The van der Waals surface area contributed by atoms with Gasteiger partial charge < -0.3 is 24.4 Å². The Labute approximate surface area is 182 Å². The molecule has 0 saturated carbocycles. The molecule has 5 rings (SSSR count). The van der Waals surface area contributed by atoms with Crippen molar-refractivity contribution in [2.24, 2.45) is 0 Å². The maximum atomic E-state index is 13.1. The minimum Gasteiger partial charge on any atom is -0.368 e. The lowest BCUT2D eigenvalue weighted by molar-refractivity contribution is -0.140. The molecule has 2 amide bonds. The highest BCUT2D eigenvalue weighted by Gasteiger charge is 2.52. The Morgan fingerprint density at radius 2 is 2.19 bits per heavy atom. The molecule has 164 valence electrons. The van der Waals surface area contributed by atoms with Crippen LogP contribution < -0.4 is 10.2 Å². The first-order valence-electron chi connectivity index (χ1n) is 11.1. The lowest BCUT2D eigenvalue weighted by Gasteiger charge is -2.46. The van der Waals surface area contributed by atoms with Crippen LogP contribution in [0.2, 0.25) is 0 Å². The molecule has 0 radical (unpaired) electrons. The first-order valence-corrected chi connectivity index (χ1v) is 11.1. The summed E-state index contributed by atoms with van der Waals surface area (Å²) in [6, 6.07) is 8.08. The summed E-state index contributed by atoms with van der Waals surface area (Å²) in [7, 11) is 0. The Balaban J connectivity index is 1.54. The van der Waals surface area contributed by atoms with Gasteiger partial charge >= 0.3 is 0 Å². The van der Waals surface area contributed by atoms with E-state index >= 15 is 0 Å². The second kappa shape index (κ2) is 7.67. The van der Waals surface area contributed by atoms with Gasteiger partial charge in [0.25, 0.3) is 5.91 Å². The van der Waals surface area contributed by atoms with E-state index in [0.29, 0.717) is 19.7 Å². The summed E-state index contributed by atoms with van der Waals surface area (Å²) >= 11 is 0. The molecule has 0 aromatic carbocycles. The van der Waals surface area contributed by atoms with Crippen molar-refractivity contribution < 1.29 is 14.3 Å². The molecule has 31 heavy (non-hydrogen) atoms. The molecule has 3 aliphatic heterocycles. The van der Waals surface area contributed by atoms with Gasteiger partial charge in [0.15, 0.2) is 5.82 Å². The van der Waals surface area contributed by atoms with Gasteiger partial charge in [0.2, 0.25) is 5.91 Å². The van der Waals surface area contributed by atoms with Gasteiger partial charge in [0, 0.05) is 38.1 Å². The number of carbonyl (C=O) groups excluding carboxylic acids is 2. The van der Waals surface area contributed by atoms with Gasteiger partial charge in [-0.2, -0.15) is 0 Å². The summed E-state index contributed by atoms with van der Waals surface area (Å²) in [5, 5.41) is 3.02. The molecule has 1 spiro atoms. The highest BCUT2D eigenvalue weighted by atomic mass is 16.5. The zero-order valence-corrected chi connectivity index (χ0v) is 18.1. The number of hydrogen-bond donors (Lipinski definition) is 1. The number of aromatic nitrogens is 2. The number of nitrogens with one attached hydrogen (secondary N) is 1. The van der Waals surface area contributed by atoms with E-state index in [-0.39, 0.29) is 30.5 Å². The number of nitrogens with zero attached hydrogens (tertiary/aromatic N) is 4. The first kappa shape index (κ1) is 20.1. The third-order valence-electron chi connectivity index (χ3n) is 6.54. The number of likely N-dealkylation sites (tertiary alicyclic amines) is 1. The van der Waals surface area contributed by atoms with Gasteiger partial charge in [-0.05, 0) is 57.4 Å². The standard InChI is InChI=1S/C23H29N5O3/c1-16(2)25-20(29)14-28-17-6-3-10-24-21(17)27-11-4-8-19(27)23(28)9-12-26(15-23)22(30)18-7-5-13-31-18/h3-4,6,8,10-11,16,18H,5,7,9,12-15H2,1-2H3,(H,25,29)/t18-,23-/m1/s1. The van der Waals surface area contributed by atoms with E-state index in [2.05, 4.69) is 25.8 Å². The first-order chi connectivity index (χ1) is 15.0. The number of hydrogen-bond acceptors (Lipinski definition) is 5. The largest absolute Gasteiger partial charge is 0.368 e. The molecule has 2 atom stereocenters. The normalized spacial score (nSPS) is 24.5. The van der Waals surface area contributed by atoms with Gasteiger partial charge in [-0.3, -0.25) is 9.59 Å². The molecule has 2 fully saturated rings. The van der Waals surface area contributed by atoms with Crippen molar-refractivity contribution in [2.75, 3.05) is 31.1 Å². The highest BCUT2D eigenvalue weighted by molar-refractivity contribution is 5.85. The number of pyridine rings is 1. The Morgan fingerprint density at radius 1 is 1.32 bits per heavy atom. The maximum Gasteiger partial charge on any atom is 0.251 e. The molecule has 2 aromatic heterocycles. The summed E-state index contributed by atoms with van der Waals surface area (Å²) in [5.74, 6) is 0.846. The Hall–Kier alpha value is -2.87. The molecule has 5 heterocycles. The predicted molar refractivity (Wildman–Crippen MR) is 116 cm³/mol. The molecule has 0 bridgehead atoms. The van der Waals surface area contributed by atoms with Crippen LogP contribution in [0.3, 0.4) is 0 Å². The second-order valence-electron chi connectivity index (χ2n) is 8.96. The minimum atomic E-state index is -0.484. The third kappa shape index (κ3) is 3.29. The number of carbonyl (C=O) groups is 2. The van der Waals surface area contributed by atoms with Gasteiger partial charge in [0.05, 0.1) is 17.9 Å². The zero-order chi connectivity index (χ0) is 21.6. The van der Waals surface area contributed by atoms with Gasteiger partial charge in [-0.15, -0.1) is 0 Å². The topological polar surface area (TPSA) is 79.7 Å². The molecule has 0 aliphatic carbocycles. The summed E-state index contributed by atoms with van der Waals surface area (Å²) in [4.78, 5) is 34.7. The molecule has 0 unspecified atom stereocenters. The van der Waals surface area contributed by atoms with E-state index in [4.69, 9.17) is 4.74 Å². The molecule has 8 nitrogen and oxygen atoms in total. The van der Waals surface area contributed by atoms with E-state index in [1.54, 1.807) is 6.20 Å². The van der Waals surface area contributed by atoms with E-state index < -0.39 is 5.54 Å².